The van der Waals surface area contributed by atoms with Gasteiger partial charge in [0.25, 0.3) is 0 Å². The van der Waals surface area contributed by atoms with Gasteiger partial charge in [-0.3, -0.25) is 4.90 Å². The minimum absolute atomic E-state index is 0.538. The van der Waals surface area contributed by atoms with Gasteiger partial charge in [0, 0.05) is 19.1 Å². The van der Waals surface area contributed by atoms with Crippen molar-refractivity contribution in [1.29, 1.82) is 0 Å². The number of nitrogens with zero attached hydrogens (tertiary/aromatic N) is 1. The van der Waals surface area contributed by atoms with Crippen LogP contribution < -0.4 is 14.8 Å². The zero-order chi connectivity index (χ0) is 21.3. The van der Waals surface area contributed by atoms with Crippen LogP contribution in [0.1, 0.15) is 29.5 Å². The fourth-order valence-corrected chi connectivity index (χ4v) is 4.08. The number of piperidine rings is 1. The smallest absolute Gasteiger partial charge is 0.161 e. The first-order chi connectivity index (χ1) is 15.3. The largest absolute Gasteiger partial charge is 0.493 e. The van der Waals surface area contributed by atoms with Crippen molar-refractivity contribution in [3.05, 3.63) is 95.6 Å². The van der Waals surface area contributed by atoms with E-state index in [2.05, 4.69) is 64.8 Å². The zero-order valence-electron chi connectivity index (χ0n) is 18.3. The Morgan fingerprint density at radius 2 is 1.48 bits per heavy atom. The van der Waals surface area contributed by atoms with Gasteiger partial charge in [0.2, 0.25) is 0 Å². The van der Waals surface area contributed by atoms with Crippen molar-refractivity contribution >= 4 is 0 Å². The third kappa shape index (κ3) is 6.33. The summed E-state index contributed by atoms with van der Waals surface area (Å²) >= 11 is 0. The van der Waals surface area contributed by atoms with Crippen LogP contribution >= 0.6 is 0 Å². The molecule has 0 aromatic heterocycles. The summed E-state index contributed by atoms with van der Waals surface area (Å²) in [6.07, 6.45) is 2.37. The Bertz CT molecular complexity index is 922. The van der Waals surface area contributed by atoms with E-state index in [4.69, 9.17) is 9.47 Å². The van der Waals surface area contributed by atoms with Crippen molar-refractivity contribution in [3.8, 4) is 11.5 Å². The molecule has 0 saturated carbocycles. The Hall–Kier alpha value is -2.82. The number of likely N-dealkylation sites (tertiary alicyclic amines) is 1. The Morgan fingerprint density at radius 1 is 0.806 bits per heavy atom. The predicted molar refractivity (Wildman–Crippen MR) is 125 cm³/mol. The van der Waals surface area contributed by atoms with E-state index >= 15 is 0 Å². The van der Waals surface area contributed by atoms with Gasteiger partial charge < -0.3 is 14.8 Å². The standard InChI is InChI=1S/C27H32N2O2/c1-30-27-18-24(12-13-26(27)31-21-23-10-6-3-7-11-23)19-28-25-14-16-29(17-15-25)20-22-8-4-2-5-9-22/h2-13,18,25,28H,14-17,19-21H2,1H3. The van der Waals surface area contributed by atoms with E-state index < -0.39 is 0 Å². The molecule has 3 aromatic rings. The Balaban J connectivity index is 1.24. The molecule has 0 aliphatic carbocycles. The number of methoxy groups -OCH3 is 1. The third-order valence-corrected chi connectivity index (χ3v) is 5.90. The van der Waals surface area contributed by atoms with Crippen molar-refractivity contribution in [3.63, 3.8) is 0 Å². The van der Waals surface area contributed by atoms with Gasteiger partial charge in [-0.25, -0.2) is 0 Å². The molecule has 4 heteroatoms. The van der Waals surface area contributed by atoms with Gasteiger partial charge >= 0.3 is 0 Å². The molecule has 31 heavy (non-hydrogen) atoms. The highest BCUT2D eigenvalue weighted by atomic mass is 16.5. The molecule has 1 aliphatic rings. The average Bonchev–Trinajstić information content (AvgIpc) is 2.84. The Morgan fingerprint density at radius 3 is 2.16 bits per heavy atom. The Labute approximate surface area is 185 Å². The Kier molecular flexibility index (Phi) is 7.59. The first kappa shape index (κ1) is 21.4. The van der Waals surface area contributed by atoms with E-state index in [9.17, 15) is 0 Å². The van der Waals surface area contributed by atoms with Gasteiger partial charge in [0.05, 0.1) is 7.11 Å². The second kappa shape index (κ2) is 11.0. The fourth-order valence-electron chi connectivity index (χ4n) is 4.08. The monoisotopic (exact) mass is 416 g/mol. The summed E-state index contributed by atoms with van der Waals surface area (Å²) in [4.78, 5) is 2.55. The summed E-state index contributed by atoms with van der Waals surface area (Å²) in [6, 6.07) is 27.7. The van der Waals surface area contributed by atoms with Gasteiger partial charge in [-0.15, -0.1) is 0 Å². The van der Waals surface area contributed by atoms with E-state index in [0.29, 0.717) is 12.6 Å². The average molecular weight is 417 g/mol. The number of hydrogen-bond donors (Lipinski definition) is 1. The molecule has 0 atom stereocenters. The maximum absolute atomic E-state index is 5.97. The van der Waals surface area contributed by atoms with E-state index in [1.54, 1.807) is 7.11 Å². The first-order valence-electron chi connectivity index (χ1n) is 11.1. The van der Waals surface area contributed by atoms with Crippen LogP contribution in [0.5, 0.6) is 11.5 Å². The highest BCUT2D eigenvalue weighted by Crippen LogP contribution is 2.29. The molecule has 3 aromatic carbocycles. The number of ether oxygens (including phenoxy) is 2. The number of nitrogens with one attached hydrogen (secondary N) is 1. The van der Waals surface area contributed by atoms with Gasteiger partial charge in [0.1, 0.15) is 6.61 Å². The van der Waals surface area contributed by atoms with E-state index in [1.165, 1.54) is 24.0 Å². The van der Waals surface area contributed by atoms with E-state index in [0.717, 1.165) is 43.2 Å². The molecular weight excluding hydrogens is 384 g/mol. The van der Waals surface area contributed by atoms with Crippen molar-refractivity contribution in [2.75, 3.05) is 20.2 Å². The summed E-state index contributed by atoms with van der Waals surface area (Å²) in [5.41, 5.74) is 3.76. The predicted octanol–water partition coefficient (Wildman–Crippen LogP) is 5.03. The van der Waals surface area contributed by atoms with E-state index in [1.807, 2.05) is 24.3 Å². The van der Waals surface area contributed by atoms with Crippen LogP contribution in [0.4, 0.5) is 0 Å². The molecule has 162 valence electrons. The molecule has 1 saturated heterocycles. The zero-order valence-corrected chi connectivity index (χ0v) is 18.3. The minimum atomic E-state index is 0.538. The molecule has 1 heterocycles. The summed E-state index contributed by atoms with van der Waals surface area (Å²) in [7, 11) is 1.70. The van der Waals surface area contributed by atoms with Gasteiger partial charge in [-0.05, 0) is 54.8 Å². The lowest BCUT2D eigenvalue weighted by atomic mass is 10.0. The SMILES string of the molecule is COc1cc(CNC2CCN(Cc3ccccc3)CC2)ccc1OCc1ccccc1. The van der Waals surface area contributed by atoms with Gasteiger partial charge in [-0.1, -0.05) is 66.7 Å². The molecular formula is C27H32N2O2. The van der Waals surface area contributed by atoms with Crippen LogP contribution in [0.25, 0.3) is 0 Å². The lowest BCUT2D eigenvalue weighted by Gasteiger charge is -2.32. The third-order valence-electron chi connectivity index (χ3n) is 5.90. The van der Waals surface area contributed by atoms with Crippen molar-refractivity contribution in [2.45, 2.75) is 38.6 Å². The highest BCUT2D eigenvalue weighted by Gasteiger charge is 2.19. The second-order valence-electron chi connectivity index (χ2n) is 8.18. The molecule has 0 radical (unpaired) electrons. The summed E-state index contributed by atoms with van der Waals surface area (Å²) < 4.78 is 11.6. The quantitative estimate of drug-likeness (QED) is 0.531. The summed E-state index contributed by atoms with van der Waals surface area (Å²) in [5, 5.41) is 3.73. The molecule has 1 fully saturated rings. The maximum atomic E-state index is 5.97. The summed E-state index contributed by atoms with van der Waals surface area (Å²) in [5.74, 6) is 1.57. The number of rotatable bonds is 9. The maximum Gasteiger partial charge on any atom is 0.161 e. The lowest BCUT2D eigenvalue weighted by molar-refractivity contribution is 0.190. The normalized spacial score (nSPS) is 15.0. The molecule has 1 N–H and O–H groups in total. The molecule has 1 aliphatic heterocycles. The van der Waals surface area contributed by atoms with Crippen LogP contribution in [0.3, 0.4) is 0 Å². The minimum Gasteiger partial charge on any atom is -0.493 e. The molecule has 0 bridgehead atoms. The van der Waals surface area contributed by atoms with Gasteiger partial charge in [-0.2, -0.15) is 0 Å². The van der Waals surface area contributed by atoms with Gasteiger partial charge in [0.15, 0.2) is 11.5 Å². The molecule has 0 unspecified atom stereocenters. The molecule has 0 amide bonds. The van der Waals surface area contributed by atoms with E-state index in [-0.39, 0.29) is 0 Å². The second-order valence-corrected chi connectivity index (χ2v) is 8.18. The van der Waals surface area contributed by atoms with Crippen molar-refractivity contribution < 1.29 is 9.47 Å². The van der Waals surface area contributed by atoms with Crippen LogP contribution in [0.2, 0.25) is 0 Å². The number of hydrogen-bond acceptors (Lipinski definition) is 4. The summed E-state index contributed by atoms with van der Waals surface area (Å²) in [6.45, 7) is 4.72. The van der Waals surface area contributed by atoms with Crippen LogP contribution in [0, 0.1) is 0 Å². The van der Waals surface area contributed by atoms with Crippen molar-refractivity contribution in [1.82, 2.24) is 10.2 Å². The molecule has 4 rings (SSSR count). The van der Waals surface area contributed by atoms with Crippen LogP contribution in [0.15, 0.2) is 78.9 Å². The van der Waals surface area contributed by atoms with Crippen molar-refractivity contribution in [2.24, 2.45) is 0 Å². The molecule has 4 nitrogen and oxygen atoms in total. The molecule has 0 spiro atoms. The van der Waals surface area contributed by atoms with Crippen LogP contribution in [-0.4, -0.2) is 31.1 Å². The highest BCUT2D eigenvalue weighted by molar-refractivity contribution is 5.43. The first-order valence-corrected chi connectivity index (χ1v) is 11.1. The lowest BCUT2D eigenvalue weighted by Crippen LogP contribution is -2.41. The topological polar surface area (TPSA) is 33.7 Å². The van der Waals surface area contributed by atoms with Crippen LogP contribution in [-0.2, 0) is 19.7 Å². The number of benzene rings is 3. The fraction of sp³-hybridized carbons (Fsp3) is 0.333.